The molecule has 3 atom stereocenters. The van der Waals surface area contributed by atoms with Gasteiger partial charge in [0.15, 0.2) is 0 Å². The maximum atomic E-state index is 12.9. The second-order valence-corrected chi connectivity index (χ2v) is 11.4. The lowest BCUT2D eigenvalue weighted by molar-refractivity contribution is -0.0429. The molecule has 154 valence electrons. The van der Waals surface area contributed by atoms with E-state index in [-0.39, 0.29) is 11.6 Å². The Labute approximate surface area is 165 Å². The Bertz CT molecular complexity index is 569. The van der Waals surface area contributed by atoms with E-state index in [9.17, 15) is 9.90 Å². The van der Waals surface area contributed by atoms with Crippen LogP contribution in [0.1, 0.15) is 91.9 Å². The molecule has 0 aromatic rings. The standard InChI is InChI=1S/C23H40N2O2/c1-16-12-18(21(2,3)27)10-11-19(16)25-15-23(24-20(25)26)13-22(4,14-23)17-8-6-5-7-9-17/h16-19,27H,5-15H2,1-4H3,(H,24,26)/t16?,18?,19?,22-,23-. The zero-order valence-corrected chi connectivity index (χ0v) is 17.9. The second-order valence-electron chi connectivity index (χ2n) is 11.4. The maximum Gasteiger partial charge on any atom is 0.318 e. The lowest BCUT2D eigenvalue weighted by Crippen LogP contribution is -2.61. The molecule has 3 aliphatic carbocycles. The number of hydrogen-bond acceptors (Lipinski definition) is 2. The van der Waals surface area contributed by atoms with Crippen molar-refractivity contribution in [1.82, 2.24) is 10.2 Å². The highest BCUT2D eigenvalue weighted by molar-refractivity contribution is 5.78. The molecule has 1 saturated heterocycles. The molecule has 3 unspecified atom stereocenters. The largest absolute Gasteiger partial charge is 0.390 e. The molecule has 4 heteroatoms. The number of nitrogens with zero attached hydrogens (tertiary/aromatic N) is 1. The summed E-state index contributed by atoms with van der Waals surface area (Å²) in [7, 11) is 0. The smallest absolute Gasteiger partial charge is 0.318 e. The first-order chi connectivity index (χ1) is 12.6. The lowest BCUT2D eigenvalue weighted by atomic mass is 9.51. The molecule has 0 bridgehead atoms. The van der Waals surface area contributed by atoms with Crippen LogP contribution in [0.3, 0.4) is 0 Å². The molecule has 27 heavy (non-hydrogen) atoms. The van der Waals surface area contributed by atoms with Crippen molar-refractivity contribution >= 4 is 6.03 Å². The van der Waals surface area contributed by atoms with Crippen LogP contribution in [0.25, 0.3) is 0 Å². The molecule has 2 N–H and O–H groups in total. The second kappa shape index (κ2) is 6.64. The summed E-state index contributed by atoms with van der Waals surface area (Å²) in [5.41, 5.74) is -0.131. The van der Waals surface area contributed by atoms with Gasteiger partial charge in [-0.25, -0.2) is 4.79 Å². The summed E-state index contributed by atoms with van der Waals surface area (Å²) in [6.45, 7) is 9.51. The molecule has 0 aromatic carbocycles. The van der Waals surface area contributed by atoms with Gasteiger partial charge < -0.3 is 15.3 Å². The van der Waals surface area contributed by atoms with Crippen LogP contribution in [0.2, 0.25) is 0 Å². The minimum atomic E-state index is -0.608. The highest BCUT2D eigenvalue weighted by Gasteiger charge is 2.60. The highest BCUT2D eigenvalue weighted by Crippen LogP contribution is 2.58. The topological polar surface area (TPSA) is 52.6 Å². The zero-order valence-electron chi connectivity index (χ0n) is 17.9. The number of urea groups is 1. The van der Waals surface area contributed by atoms with Gasteiger partial charge in [-0.15, -0.1) is 0 Å². The summed E-state index contributed by atoms with van der Waals surface area (Å²) in [6, 6.07) is 0.503. The Morgan fingerprint density at radius 3 is 2.37 bits per heavy atom. The predicted octanol–water partition coefficient (Wildman–Crippen LogP) is 4.71. The van der Waals surface area contributed by atoms with Crippen molar-refractivity contribution in [3.05, 3.63) is 0 Å². The lowest BCUT2D eigenvalue weighted by Gasteiger charge is -2.57. The number of amides is 2. The number of carbonyl (C=O) groups excluding carboxylic acids is 1. The third-order valence-electron chi connectivity index (χ3n) is 8.70. The van der Waals surface area contributed by atoms with E-state index in [2.05, 4.69) is 24.1 Å². The average molecular weight is 377 g/mol. The molecule has 4 aliphatic rings. The molecule has 4 rings (SSSR count). The van der Waals surface area contributed by atoms with Crippen molar-refractivity contribution in [2.75, 3.05) is 6.54 Å². The normalized spacial score (nSPS) is 43.7. The number of aliphatic hydroxyl groups is 1. The number of carbonyl (C=O) groups is 1. The van der Waals surface area contributed by atoms with E-state index in [4.69, 9.17) is 0 Å². The summed E-state index contributed by atoms with van der Waals surface area (Å²) < 4.78 is 0. The van der Waals surface area contributed by atoms with E-state index in [0.717, 1.165) is 31.7 Å². The van der Waals surface area contributed by atoms with Crippen molar-refractivity contribution in [3.8, 4) is 0 Å². The third kappa shape index (κ3) is 3.52. The van der Waals surface area contributed by atoms with E-state index < -0.39 is 5.60 Å². The van der Waals surface area contributed by atoms with Gasteiger partial charge in [0.25, 0.3) is 0 Å². The molecule has 0 radical (unpaired) electrons. The van der Waals surface area contributed by atoms with Crippen molar-refractivity contribution in [1.29, 1.82) is 0 Å². The van der Waals surface area contributed by atoms with Gasteiger partial charge in [-0.1, -0.05) is 33.1 Å². The van der Waals surface area contributed by atoms with E-state index in [1.54, 1.807) is 0 Å². The summed E-state index contributed by atoms with van der Waals surface area (Å²) in [4.78, 5) is 15.0. The van der Waals surface area contributed by atoms with E-state index in [0.29, 0.717) is 23.3 Å². The van der Waals surface area contributed by atoms with Gasteiger partial charge in [-0.2, -0.15) is 0 Å². The van der Waals surface area contributed by atoms with Crippen LogP contribution in [0.4, 0.5) is 4.79 Å². The molecular formula is C23H40N2O2. The summed E-state index contributed by atoms with van der Waals surface area (Å²) >= 11 is 0. The van der Waals surface area contributed by atoms with E-state index in [1.165, 1.54) is 44.9 Å². The first-order valence-electron chi connectivity index (χ1n) is 11.4. The Morgan fingerprint density at radius 2 is 1.78 bits per heavy atom. The fourth-order valence-corrected chi connectivity index (χ4v) is 7.27. The quantitative estimate of drug-likeness (QED) is 0.750. The van der Waals surface area contributed by atoms with Gasteiger partial charge in [-0.05, 0) is 82.0 Å². The van der Waals surface area contributed by atoms with Crippen LogP contribution in [0, 0.1) is 23.2 Å². The number of rotatable bonds is 3. The third-order valence-corrected chi connectivity index (χ3v) is 8.70. The fourth-order valence-electron chi connectivity index (χ4n) is 7.27. The molecule has 1 aliphatic heterocycles. The summed E-state index contributed by atoms with van der Waals surface area (Å²) in [5.74, 6) is 1.67. The van der Waals surface area contributed by atoms with Crippen LogP contribution < -0.4 is 5.32 Å². The van der Waals surface area contributed by atoms with Gasteiger partial charge in [0.2, 0.25) is 0 Å². The van der Waals surface area contributed by atoms with E-state index >= 15 is 0 Å². The number of nitrogens with one attached hydrogen (secondary N) is 1. The minimum Gasteiger partial charge on any atom is -0.390 e. The molecular weight excluding hydrogens is 336 g/mol. The van der Waals surface area contributed by atoms with Crippen molar-refractivity contribution in [3.63, 3.8) is 0 Å². The minimum absolute atomic E-state index is 0.0378. The SMILES string of the molecule is CC1CC(C(C)(C)O)CCC1N1C[C@]2(C[C@@](C)(C3CCCCC3)C2)NC1=O. The predicted molar refractivity (Wildman–Crippen MR) is 108 cm³/mol. The monoisotopic (exact) mass is 376 g/mol. The Kier molecular flexibility index (Phi) is 4.81. The van der Waals surface area contributed by atoms with Gasteiger partial charge in [0, 0.05) is 12.6 Å². The molecule has 4 nitrogen and oxygen atoms in total. The maximum absolute atomic E-state index is 12.9. The molecule has 3 saturated carbocycles. The summed E-state index contributed by atoms with van der Waals surface area (Å²) in [5, 5.41) is 13.8. The molecule has 1 spiro atoms. The Morgan fingerprint density at radius 1 is 1.11 bits per heavy atom. The number of hydrogen-bond donors (Lipinski definition) is 2. The van der Waals surface area contributed by atoms with Crippen LogP contribution in [0.5, 0.6) is 0 Å². The Hall–Kier alpha value is -0.770. The first kappa shape index (κ1) is 19.5. The average Bonchev–Trinajstić information content (AvgIpc) is 2.91. The van der Waals surface area contributed by atoms with Crippen molar-refractivity contribution in [2.45, 2.75) is 109 Å². The fraction of sp³-hybridized carbons (Fsp3) is 0.957. The van der Waals surface area contributed by atoms with Crippen molar-refractivity contribution < 1.29 is 9.90 Å². The molecule has 4 fully saturated rings. The highest BCUT2D eigenvalue weighted by atomic mass is 16.3. The van der Waals surface area contributed by atoms with Crippen LogP contribution in [-0.4, -0.2) is 39.8 Å². The first-order valence-corrected chi connectivity index (χ1v) is 11.4. The van der Waals surface area contributed by atoms with E-state index in [1.807, 2.05) is 13.8 Å². The zero-order chi connectivity index (χ0) is 19.4. The van der Waals surface area contributed by atoms with Crippen molar-refractivity contribution in [2.24, 2.45) is 23.2 Å². The molecule has 1 heterocycles. The van der Waals surface area contributed by atoms with Crippen LogP contribution in [-0.2, 0) is 0 Å². The van der Waals surface area contributed by atoms with Gasteiger partial charge in [-0.3, -0.25) is 0 Å². The van der Waals surface area contributed by atoms with Crippen LogP contribution in [0.15, 0.2) is 0 Å². The van der Waals surface area contributed by atoms with Gasteiger partial charge in [0.05, 0.1) is 11.1 Å². The molecule has 0 aromatic heterocycles. The summed E-state index contributed by atoms with van der Waals surface area (Å²) in [6.07, 6.45) is 12.4. The molecule has 2 amide bonds. The van der Waals surface area contributed by atoms with Gasteiger partial charge >= 0.3 is 6.03 Å². The van der Waals surface area contributed by atoms with Gasteiger partial charge in [0.1, 0.15) is 0 Å². The van der Waals surface area contributed by atoms with Crippen LogP contribution >= 0.6 is 0 Å². The Balaban J connectivity index is 1.38.